The minimum Gasteiger partial charge on any atom is -0.171 e. The van der Waals surface area contributed by atoms with E-state index in [1.807, 2.05) is 0 Å². The lowest BCUT2D eigenvalue weighted by molar-refractivity contribution is -0.155. The summed E-state index contributed by atoms with van der Waals surface area (Å²) in [7, 11) is 0. The van der Waals surface area contributed by atoms with Crippen LogP contribution in [-0.4, -0.2) is 6.18 Å². The van der Waals surface area contributed by atoms with Crippen molar-refractivity contribution in [2.45, 2.75) is 85.7 Å². The van der Waals surface area contributed by atoms with Crippen molar-refractivity contribution in [3.05, 3.63) is 0 Å². The van der Waals surface area contributed by atoms with Crippen LogP contribution in [0.25, 0.3) is 0 Å². The molecule has 3 heteroatoms. The Kier molecular flexibility index (Phi) is 11.0. The van der Waals surface area contributed by atoms with Gasteiger partial charge in [0.05, 0.1) is 0 Å². The van der Waals surface area contributed by atoms with Gasteiger partial charge in [-0.15, -0.1) is 0 Å². The Morgan fingerprint density at radius 1 is 0.765 bits per heavy atom. The van der Waals surface area contributed by atoms with E-state index < -0.39 is 18.0 Å². The molecule has 0 N–H and O–H groups in total. The topological polar surface area (TPSA) is 0 Å². The van der Waals surface area contributed by atoms with Gasteiger partial charge in [-0.25, -0.2) is 0 Å². The molecule has 0 aromatic heterocycles. The number of unbranched alkanes of at least 4 members (excludes halogenated alkanes) is 3. The second kappa shape index (κ2) is 9.78. The summed E-state index contributed by atoms with van der Waals surface area (Å²) in [5.41, 5.74) is -0.590. The average molecular weight is 254 g/mol. The van der Waals surface area contributed by atoms with E-state index in [1.165, 1.54) is 12.8 Å². The van der Waals surface area contributed by atoms with Crippen molar-refractivity contribution < 1.29 is 13.2 Å². The number of hydrogen-bond acceptors (Lipinski definition) is 0. The molecule has 0 aliphatic rings. The highest BCUT2D eigenvalue weighted by Gasteiger charge is 2.35. The molecule has 0 saturated heterocycles. The molecule has 0 spiro atoms. The Balaban J connectivity index is 0. The highest BCUT2D eigenvalue weighted by Crippen LogP contribution is 2.36. The molecule has 0 atom stereocenters. The van der Waals surface area contributed by atoms with Crippen molar-refractivity contribution in [3.8, 4) is 0 Å². The first-order chi connectivity index (χ1) is 7.68. The second-order valence-corrected chi connectivity index (χ2v) is 5.41. The molecule has 0 heterocycles. The first-order valence-electron chi connectivity index (χ1n) is 6.75. The molecule has 0 aromatic rings. The van der Waals surface area contributed by atoms with E-state index in [1.54, 1.807) is 13.8 Å². The summed E-state index contributed by atoms with van der Waals surface area (Å²) >= 11 is 0. The van der Waals surface area contributed by atoms with Crippen LogP contribution in [0.1, 0.15) is 79.6 Å². The van der Waals surface area contributed by atoms with Crippen molar-refractivity contribution in [1.82, 2.24) is 0 Å². The molecule has 0 fully saturated rings. The standard InChI is InChI=1S/C10H19F3.C4H10/c1-4-5-6-7-9(2,3)8-10(11,12)13;1-3-4-2/h4-8H2,1-3H3;3-4H2,1-2H3. The van der Waals surface area contributed by atoms with Gasteiger partial charge in [-0.05, 0) is 11.8 Å². The predicted molar refractivity (Wildman–Crippen MR) is 69.2 cm³/mol. The number of hydrogen-bond donors (Lipinski definition) is 0. The highest BCUT2D eigenvalue weighted by molar-refractivity contribution is 4.72. The molecule has 0 saturated carbocycles. The zero-order valence-electron chi connectivity index (χ0n) is 12.1. The van der Waals surface area contributed by atoms with Gasteiger partial charge < -0.3 is 0 Å². The van der Waals surface area contributed by atoms with Gasteiger partial charge in [-0.1, -0.05) is 66.7 Å². The summed E-state index contributed by atoms with van der Waals surface area (Å²) in [6.45, 7) is 9.79. The Morgan fingerprint density at radius 2 is 1.24 bits per heavy atom. The fourth-order valence-electron chi connectivity index (χ4n) is 1.48. The summed E-state index contributed by atoms with van der Waals surface area (Å²) in [5, 5.41) is 0. The molecule has 0 aliphatic carbocycles. The normalized spacial score (nSPS) is 12.0. The number of halogens is 3. The monoisotopic (exact) mass is 254 g/mol. The molecule has 0 rings (SSSR count). The Hall–Kier alpha value is -0.210. The quantitative estimate of drug-likeness (QED) is 0.484. The molecule has 0 unspecified atom stereocenters. The fraction of sp³-hybridized carbons (Fsp3) is 1.00. The first kappa shape index (κ1) is 19.1. The summed E-state index contributed by atoms with van der Waals surface area (Å²) < 4.78 is 36.2. The van der Waals surface area contributed by atoms with Gasteiger partial charge >= 0.3 is 6.18 Å². The minimum atomic E-state index is -4.02. The lowest BCUT2D eigenvalue weighted by Crippen LogP contribution is -2.22. The summed E-state index contributed by atoms with van der Waals surface area (Å²) in [6, 6.07) is 0. The largest absolute Gasteiger partial charge is 0.389 e. The lowest BCUT2D eigenvalue weighted by Gasteiger charge is -2.25. The van der Waals surface area contributed by atoms with Crippen molar-refractivity contribution in [3.63, 3.8) is 0 Å². The Labute approximate surface area is 105 Å². The van der Waals surface area contributed by atoms with E-state index in [9.17, 15) is 13.2 Å². The third kappa shape index (κ3) is 18.4. The fourth-order valence-corrected chi connectivity index (χ4v) is 1.48. The van der Waals surface area contributed by atoms with Crippen molar-refractivity contribution >= 4 is 0 Å². The van der Waals surface area contributed by atoms with Crippen LogP contribution in [0.5, 0.6) is 0 Å². The molecule has 106 valence electrons. The average Bonchev–Trinajstić information content (AvgIpc) is 2.14. The predicted octanol–water partition coefficient (Wildman–Crippen LogP) is 6.35. The summed E-state index contributed by atoms with van der Waals surface area (Å²) in [4.78, 5) is 0. The van der Waals surface area contributed by atoms with Gasteiger partial charge in [-0.2, -0.15) is 13.2 Å². The molecular weight excluding hydrogens is 225 g/mol. The van der Waals surface area contributed by atoms with Gasteiger partial charge in [0.1, 0.15) is 0 Å². The lowest BCUT2D eigenvalue weighted by atomic mass is 9.83. The van der Waals surface area contributed by atoms with Crippen LogP contribution in [0.4, 0.5) is 13.2 Å². The maximum absolute atomic E-state index is 12.1. The first-order valence-corrected chi connectivity index (χ1v) is 6.75. The van der Waals surface area contributed by atoms with Crippen molar-refractivity contribution in [2.75, 3.05) is 0 Å². The van der Waals surface area contributed by atoms with Crippen molar-refractivity contribution in [1.29, 1.82) is 0 Å². The van der Waals surface area contributed by atoms with Gasteiger partial charge in [0.15, 0.2) is 0 Å². The third-order valence-corrected chi connectivity index (χ3v) is 2.64. The molecule has 0 radical (unpaired) electrons. The van der Waals surface area contributed by atoms with E-state index >= 15 is 0 Å². The molecule has 0 aliphatic heterocycles. The smallest absolute Gasteiger partial charge is 0.171 e. The maximum atomic E-state index is 12.1. The third-order valence-electron chi connectivity index (χ3n) is 2.64. The van der Waals surface area contributed by atoms with E-state index in [-0.39, 0.29) is 0 Å². The summed E-state index contributed by atoms with van der Waals surface area (Å²) in [5.74, 6) is 0. The molecule has 0 bridgehead atoms. The van der Waals surface area contributed by atoms with E-state index in [0.29, 0.717) is 6.42 Å². The number of rotatable bonds is 6. The SMILES string of the molecule is CCCC.CCCCCC(C)(C)CC(F)(F)F. The van der Waals surface area contributed by atoms with Crippen LogP contribution in [0.3, 0.4) is 0 Å². The molecule has 0 aromatic carbocycles. The highest BCUT2D eigenvalue weighted by atomic mass is 19.4. The molecule has 0 nitrogen and oxygen atoms in total. The Morgan fingerprint density at radius 3 is 1.53 bits per heavy atom. The Bertz CT molecular complexity index is 157. The van der Waals surface area contributed by atoms with Crippen LogP contribution in [-0.2, 0) is 0 Å². The maximum Gasteiger partial charge on any atom is 0.389 e. The van der Waals surface area contributed by atoms with Crippen molar-refractivity contribution in [2.24, 2.45) is 5.41 Å². The minimum absolute atomic E-state index is 0.590. The van der Waals surface area contributed by atoms with Gasteiger partial charge in [0.2, 0.25) is 0 Å². The summed E-state index contributed by atoms with van der Waals surface area (Å²) in [6.07, 6.45) is 1.61. The van der Waals surface area contributed by atoms with Crippen LogP contribution in [0.15, 0.2) is 0 Å². The van der Waals surface area contributed by atoms with Gasteiger partial charge in [-0.3, -0.25) is 0 Å². The van der Waals surface area contributed by atoms with Crippen LogP contribution < -0.4 is 0 Å². The van der Waals surface area contributed by atoms with E-state index in [2.05, 4.69) is 20.8 Å². The second-order valence-electron chi connectivity index (χ2n) is 5.41. The zero-order chi connectivity index (χ0) is 13.9. The van der Waals surface area contributed by atoms with E-state index in [0.717, 1.165) is 19.3 Å². The van der Waals surface area contributed by atoms with Gasteiger partial charge in [0, 0.05) is 6.42 Å². The molecule has 0 amide bonds. The van der Waals surface area contributed by atoms with Crippen LogP contribution in [0.2, 0.25) is 0 Å². The zero-order valence-corrected chi connectivity index (χ0v) is 12.1. The molecule has 17 heavy (non-hydrogen) atoms. The van der Waals surface area contributed by atoms with Crippen LogP contribution in [0, 0.1) is 5.41 Å². The number of alkyl halides is 3. The van der Waals surface area contributed by atoms with Crippen LogP contribution >= 0.6 is 0 Å². The van der Waals surface area contributed by atoms with E-state index in [4.69, 9.17) is 0 Å². The molecular formula is C14H29F3. The van der Waals surface area contributed by atoms with Gasteiger partial charge in [0.25, 0.3) is 0 Å².